The van der Waals surface area contributed by atoms with E-state index in [1.165, 1.54) is 12.1 Å². The molecule has 5 heteroatoms. The number of aromatic nitrogens is 1. The Morgan fingerprint density at radius 3 is 2.73 bits per heavy atom. The number of H-pyrrole nitrogens is 1. The van der Waals surface area contributed by atoms with Crippen LogP contribution in [0.3, 0.4) is 0 Å². The molecule has 1 heterocycles. The predicted molar refractivity (Wildman–Crippen MR) is 82.0 cm³/mol. The van der Waals surface area contributed by atoms with Gasteiger partial charge in [0, 0.05) is 17.4 Å². The third-order valence-electron chi connectivity index (χ3n) is 3.47. The van der Waals surface area contributed by atoms with Crippen LogP contribution >= 0.6 is 0 Å². The second kappa shape index (κ2) is 5.99. The highest BCUT2D eigenvalue weighted by molar-refractivity contribution is 5.98. The number of carbonyl (C=O) groups excluding carboxylic acids is 1. The number of carbonyl (C=O) groups is 1. The van der Waals surface area contributed by atoms with Crippen molar-refractivity contribution in [2.24, 2.45) is 0 Å². The van der Waals surface area contributed by atoms with Crippen LogP contribution < -0.4 is 5.32 Å². The summed E-state index contributed by atoms with van der Waals surface area (Å²) in [6.07, 6.45) is -0.771. The Morgan fingerprint density at radius 1 is 1.18 bits per heavy atom. The molecule has 3 rings (SSSR count). The lowest BCUT2D eigenvalue weighted by molar-refractivity contribution is 0.0912. The van der Waals surface area contributed by atoms with Crippen molar-refractivity contribution in [2.45, 2.75) is 6.10 Å². The largest absolute Gasteiger partial charge is 0.387 e. The number of aliphatic hydroxyl groups excluding tert-OH is 1. The van der Waals surface area contributed by atoms with Crippen molar-refractivity contribution in [2.75, 3.05) is 6.54 Å². The molecule has 3 N–H and O–H groups in total. The quantitative estimate of drug-likeness (QED) is 0.693. The maximum atomic E-state index is 13.1. The number of fused-ring (bicyclic) bond motifs is 1. The van der Waals surface area contributed by atoms with Crippen LogP contribution in [0, 0.1) is 5.82 Å². The molecular weight excluding hydrogens is 283 g/mol. The van der Waals surface area contributed by atoms with Gasteiger partial charge in [-0.25, -0.2) is 4.39 Å². The predicted octanol–water partition coefficient (Wildman–Crippen LogP) is 2.77. The molecule has 3 aromatic rings. The molecule has 0 fully saturated rings. The van der Waals surface area contributed by atoms with Gasteiger partial charge in [0.1, 0.15) is 11.5 Å². The monoisotopic (exact) mass is 298 g/mol. The lowest BCUT2D eigenvalue weighted by Crippen LogP contribution is -2.28. The molecule has 2 aromatic carbocycles. The van der Waals surface area contributed by atoms with Crippen molar-refractivity contribution in [3.8, 4) is 0 Å². The number of benzene rings is 2. The van der Waals surface area contributed by atoms with Crippen molar-refractivity contribution >= 4 is 16.8 Å². The van der Waals surface area contributed by atoms with Gasteiger partial charge in [-0.1, -0.05) is 30.3 Å². The summed E-state index contributed by atoms with van der Waals surface area (Å²) in [6.45, 7) is 0.104. The van der Waals surface area contributed by atoms with Gasteiger partial charge in [0.05, 0.1) is 6.10 Å². The Balaban J connectivity index is 1.68. The Labute approximate surface area is 126 Å². The van der Waals surface area contributed by atoms with Crippen LogP contribution in [0.4, 0.5) is 4.39 Å². The number of hydrogen-bond donors (Lipinski definition) is 3. The van der Waals surface area contributed by atoms with Crippen LogP contribution in [0.2, 0.25) is 0 Å². The molecule has 4 nitrogen and oxygen atoms in total. The smallest absolute Gasteiger partial charge is 0.267 e. The fraction of sp³-hybridized carbons (Fsp3) is 0.118. The lowest BCUT2D eigenvalue weighted by Gasteiger charge is -2.11. The number of rotatable bonds is 4. The van der Waals surface area contributed by atoms with Crippen molar-refractivity contribution in [1.29, 1.82) is 0 Å². The fourth-order valence-corrected chi connectivity index (χ4v) is 2.30. The molecule has 1 aromatic heterocycles. The van der Waals surface area contributed by atoms with E-state index in [1.54, 1.807) is 24.3 Å². The molecule has 1 atom stereocenters. The molecule has 0 aliphatic carbocycles. The third kappa shape index (κ3) is 2.99. The standard InChI is InChI=1S/C17H15FN2O2/c18-13-6-7-14-12(8-13)9-15(20-14)17(22)19-10-16(21)11-4-2-1-3-5-11/h1-9,16,20-21H,10H2,(H,19,22). The summed E-state index contributed by atoms with van der Waals surface area (Å²) < 4.78 is 13.1. The molecule has 1 amide bonds. The molecule has 1 unspecified atom stereocenters. The zero-order valence-electron chi connectivity index (χ0n) is 11.7. The van der Waals surface area contributed by atoms with E-state index in [2.05, 4.69) is 10.3 Å². The first-order valence-electron chi connectivity index (χ1n) is 6.93. The van der Waals surface area contributed by atoms with E-state index >= 15 is 0 Å². The molecule has 0 saturated heterocycles. The Hall–Kier alpha value is -2.66. The van der Waals surface area contributed by atoms with E-state index in [-0.39, 0.29) is 18.3 Å². The molecule has 0 spiro atoms. The van der Waals surface area contributed by atoms with Gasteiger partial charge in [-0.2, -0.15) is 0 Å². The first kappa shape index (κ1) is 14.3. The van der Waals surface area contributed by atoms with Crippen molar-refractivity contribution in [1.82, 2.24) is 10.3 Å². The number of nitrogens with one attached hydrogen (secondary N) is 2. The zero-order chi connectivity index (χ0) is 15.5. The summed E-state index contributed by atoms with van der Waals surface area (Å²) in [5.74, 6) is -0.690. The molecule has 0 aliphatic heterocycles. The summed E-state index contributed by atoms with van der Waals surface area (Å²) in [5.41, 5.74) is 1.76. The minimum absolute atomic E-state index is 0.104. The second-order valence-corrected chi connectivity index (χ2v) is 5.05. The first-order valence-corrected chi connectivity index (χ1v) is 6.93. The topological polar surface area (TPSA) is 65.1 Å². The van der Waals surface area contributed by atoms with Crippen LogP contribution in [0.15, 0.2) is 54.6 Å². The first-order chi connectivity index (χ1) is 10.6. The van der Waals surface area contributed by atoms with Gasteiger partial charge in [-0.15, -0.1) is 0 Å². The van der Waals surface area contributed by atoms with Crippen LogP contribution in [-0.2, 0) is 0 Å². The molecule has 0 aliphatic rings. The average molecular weight is 298 g/mol. The van der Waals surface area contributed by atoms with Gasteiger partial charge in [-0.3, -0.25) is 4.79 Å². The number of halogens is 1. The Kier molecular flexibility index (Phi) is 3.89. The van der Waals surface area contributed by atoms with Crippen LogP contribution in [0.5, 0.6) is 0 Å². The lowest BCUT2D eigenvalue weighted by atomic mass is 10.1. The number of aliphatic hydroxyl groups is 1. The van der Waals surface area contributed by atoms with E-state index < -0.39 is 6.10 Å². The van der Waals surface area contributed by atoms with Crippen molar-refractivity contribution in [3.63, 3.8) is 0 Å². The SMILES string of the molecule is O=C(NCC(O)c1ccccc1)c1cc2cc(F)ccc2[nH]1. The molecule has 0 saturated carbocycles. The third-order valence-corrected chi connectivity index (χ3v) is 3.47. The van der Waals surface area contributed by atoms with Crippen LogP contribution in [0.25, 0.3) is 10.9 Å². The van der Waals surface area contributed by atoms with Gasteiger partial charge in [0.15, 0.2) is 0 Å². The van der Waals surface area contributed by atoms with Crippen molar-refractivity contribution < 1.29 is 14.3 Å². The highest BCUT2D eigenvalue weighted by atomic mass is 19.1. The summed E-state index contributed by atoms with van der Waals surface area (Å²) in [6, 6.07) is 15.0. The minimum Gasteiger partial charge on any atom is -0.387 e. The summed E-state index contributed by atoms with van der Waals surface area (Å²) >= 11 is 0. The van der Waals surface area contributed by atoms with Crippen LogP contribution in [-0.4, -0.2) is 22.5 Å². The van der Waals surface area contributed by atoms with E-state index in [9.17, 15) is 14.3 Å². The van der Waals surface area contributed by atoms with E-state index in [0.29, 0.717) is 16.6 Å². The molecule has 0 bridgehead atoms. The van der Waals surface area contributed by atoms with Crippen LogP contribution in [0.1, 0.15) is 22.2 Å². The Bertz CT molecular complexity index is 799. The minimum atomic E-state index is -0.771. The van der Waals surface area contributed by atoms with E-state index in [1.807, 2.05) is 18.2 Å². The van der Waals surface area contributed by atoms with Gasteiger partial charge in [0.25, 0.3) is 5.91 Å². The van der Waals surface area contributed by atoms with E-state index in [4.69, 9.17) is 0 Å². The highest BCUT2D eigenvalue weighted by Crippen LogP contribution is 2.17. The highest BCUT2D eigenvalue weighted by Gasteiger charge is 2.12. The summed E-state index contributed by atoms with van der Waals surface area (Å²) in [5, 5.41) is 13.3. The molecule has 22 heavy (non-hydrogen) atoms. The maximum absolute atomic E-state index is 13.1. The number of hydrogen-bond acceptors (Lipinski definition) is 2. The fourth-order valence-electron chi connectivity index (χ4n) is 2.30. The zero-order valence-corrected chi connectivity index (χ0v) is 11.7. The van der Waals surface area contributed by atoms with E-state index in [0.717, 1.165) is 5.56 Å². The van der Waals surface area contributed by atoms with Gasteiger partial charge in [-0.05, 0) is 29.8 Å². The maximum Gasteiger partial charge on any atom is 0.267 e. The summed E-state index contributed by atoms with van der Waals surface area (Å²) in [7, 11) is 0. The normalized spacial score (nSPS) is 12.3. The van der Waals surface area contributed by atoms with Crippen molar-refractivity contribution in [3.05, 3.63) is 71.7 Å². The average Bonchev–Trinajstić information content (AvgIpc) is 2.96. The number of amides is 1. The molecule has 0 radical (unpaired) electrons. The van der Waals surface area contributed by atoms with Gasteiger partial charge < -0.3 is 15.4 Å². The molecule has 112 valence electrons. The second-order valence-electron chi connectivity index (χ2n) is 5.05. The summed E-state index contributed by atoms with van der Waals surface area (Å²) in [4.78, 5) is 15.0. The Morgan fingerprint density at radius 2 is 1.95 bits per heavy atom. The van der Waals surface area contributed by atoms with Gasteiger partial charge >= 0.3 is 0 Å². The molecular formula is C17H15FN2O2. The number of aromatic amines is 1. The van der Waals surface area contributed by atoms with Gasteiger partial charge in [0.2, 0.25) is 0 Å².